The van der Waals surface area contributed by atoms with Crippen molar-refractivity contribution in [3.8, 4) is 11.3 Å². The van der Waals surface area contributed by atoms with Crippen LogP contribution >= 0.6 is 0 Å². The Morgan fingerprint density at radius 3 is 2.95 bits per heavy atom. The van der Waals surface area contributed by atoms with Gasteiger partial charge in [0, 0.05) is 17.8 Å². The third-order valence-electron chi connectivity index (χ3n) is 3.09. The van der Waals surface area contributed by atoms with Gasteiger partial charge in [-0.15, -0.1) is 0 Å². The van der Waals surface area contributed by atoms with Gasteiger partial charge in [0.2, 0.25) is 0 Å². The van der Waals surface area contributed by atoms with Crippen molar-refractivity contribution >= 4 is 11.0 Å². The largest absolute Gasteiger partial charge is 0.345 e. The summed E-state index contributed by atoms with van der Waals surface area (Å²) >= 11 is 0. The molecule has 0 aliphatic rings. The van der Waals surface area contributed by atoms with Crippen molar-refractivity contribution in [2.45, 2.75) is 26.4 Å². The molecule has 0 unspecified atom stereocenters. The monoisotopic (exact) mass is 267 g/mol. The van der Waals surface area contributed by atoms with Crippen LogP contribution in [-0.4, -0.2) is 26.0 Å². The second-order valence-electron chi connectivity index (χ2n) is 5.03. The Balaban J connectivity index is 1.90. The predicted molar refractivity (Wildman–Crippen MR) is 79.1 cm³/mol. The van der Waals surface area contributed by atoms with Crippen LogP contribution in [0.15, 0.2) is 36.8 Å². The molecule has 5 nitrogen and oxygen atoms in total. The number of hydrogen-bond donors (Lipinski definition) is 2. The zero-order chi connectivity index (χ0) is 13.9. The van der Waals surface area contributed by atoms with Gasteiger partial charge in [-0.25, -0.2) is 15.0 Å². The zero-order valence-corrected chi connectivity index (χ0v) is 11.6. The van der Waals surface area contributed by atoms with Crippen molar-refractivity contribution in [3.63, 3.8) is 0 Å². The molecular formula is C15H17N5. The Hall–Kier alpha value is -2.27. The number of hydrogen-bond acceptors (Lipinski definition) is 4. The maximum absolute atomic E-state index is 4.60. The van der Waals surface area contributed by atoms with Crippen LogP contribution in [-0.2, 0) is 6.54 Å². The minimum atomic E-state index is 0.420. The Labute approximate surface area is 117 Å². The third-order valence-corrected chi connectivity index (χ3v) is 3.09. The average Bonchev–Trinajstić information content (AvgIpc) is 2.93. The van der Waals surface area contributed by atoms with E-state index in [1.54, 1.807) is 12.5 Å². The molecule has 3 aromatic rings. The van der Waals surface area contributed by atoms with E-state index in [-0.39, 0.29) is 0 Å². The molecule has 2 N–H and O–H groups in total. The summed E-state index contributed by atoms with van der Waals surface area (Å²) in [6.45, 7) is 4.89. The number of aromatic nitrogens is 4. The highest BCUT2D eigenvalue weighted by Gasteiger charge is 2.05. The standard InChI is InChI=1S/C15H17N5/c1-10(2)17-8-15-16-6-5-12(20-15)11-3-4-13-14(7-11)19-9-18-13/h3-7,9-10,17H,8H2,1-2H3,(H,18,19). The Bertz CT molecular complexity index is 717. The highest BCUT2D eigenvalue weighted by Crippen LogP contribution is 2.20. The first kappa shape index (κ1) is 12.7. The van der Waals surface area contributed by atoms with Gasteiger partial charge in [0.25, 0.3) is 0 Å². The summed E-state index contributed by atoms with van der Waals surface area (Å²) in [4.78, 5) is 16.2. The van der Waals surface area contributed by atoms with E-state index in [0.29, 0.717) is 12.6 Å². The lowest BCUT2D eigenvalue weighted by Gasteiger charge is -2.08. The molecule has 0 atom stereocenters. The zero-order valence-electron chi connectivity index (χ0n) is 11.6. The van der Waals surface area contributed by atoms with Crippen molar-refractivity contribution in [2.75, 3.05) is 0 Å². The van der Waals surface area contributed by atoms with E-state index in [4.69, 9.17) is 0 Å². The van der Waals surface area contributed by atoms with Crippen molar-refractivity contribution in [2.24, 2.45) is 0 Å². The van der Waals surface area contributed by atoms with Crippen LogP contribution in [0.4, 0.5) is 0 Å². The summed E-state index contributed by atoms with van der Waals surface area (Å²) < 4.78 is 0. The minimum Gasteiger partial charge on any atom is -0.345 e. The molecule has 0 spiro atoms. The fraction of sp³-hybridized carbons (Fsp3) is 0.267. The summed E-state index contributed by atoms with van der Waals surface area (Å²) in [5, 5.41) is 3.32. The SMILES string of the molecule is CC(C)NCc1nccc(-c2ccc3nc[nH]c3c2)n1. The minimum absolute atomic E-state index is 0.420. The van der Waals surface area contributed by atoms with E-state index >= 15 is 0 Å². The van der Waals surface area contributed by atoms with Gasteiger partial charge in [-0.1, -0.05) is 19.9 Å². The maximum atomic E-state index is 4.60. The summed E-state index contributed by atoms with van der Waals surface area (Å²) in [7, 11) is 0. The van der Waals surface area contributed by atoms with Crippen LogP contribution in [0.25, 0.3) is 22.3 Å². The quantitative estimate of drug-likeness (QED) is 0.762. The lowest BCUT2D eigenvalue weighted by atomic mass is 10.1. The van der Waals surface area contributed by atoms with Crippen molar-refractivity contribution in [1.29, 1.82) is 0 Å². The summed E-state index contributed by atoms with van der Waals surface area (Å²) in [5.41, 5.74) is 3.97. The van der Waals surface area contributed by atoms with Gasteiger partial charge in [-0.05, 0) is 18.2 Å². The highest BCUT2D eigenvalue weighted by molar-refractivity contribution is 5.80. The van der Waals surface area contributed by atoms with Gasteiger partial charge in [0.1, 0.15) is 5.82 Å². The van der Waals surface area contributed by atoms with Crippen molar-refractivity contribution in [3.05, 3.63) is 42.6 Å². The molecule has 0 radical (unpaired) electrons. The van der Waals surface area contributed by atoms with E-state index in [2.05, 4.69) is 45.2 Å². The fourth-order valence-electron chi connectivity index (χ4n) is 2.04. The van der Waals surface area contributed by atoms with Gasteiger partial charge < -0.3 is 10.3 Å². The molecule has 102 valence electrons. The van der Waals surface area contributed by atoms with E-state index in [1.807, 2.05) is 18.2 Å². The molecule has 0 saturated carbocycles. The van der Waals surface area contributed by atoms with Gasteiger partial charge >= 0.3 is 0 Å². The first-order valence-corrected chi connectivity index (χ1v) is 6.71. The van der Waals surface area contributed by atoms with Gasteiger partial charge in [0.05, 0.1) is 29.6 Å². The predicted octanol–water partition coefficient (Wildman–Crippen LogP) is 2.52. The summed E-state index contributed by atoms with van der Waals surface area (Å²) in [5.74, 6) is 0.806. The highest BCUT2D eigenvalue weighted by atomic mass is 15.0. The van der Waals surface area contributed by atoms with E-state index < -0.39 is 0 Å². The lowest BCUT2D eigenvalue weighted by molar-refractivity contribution is 0.572. The number of H-pyrrole nitrogens is 1. The van der Waals surface area contributed by atoms with Crippen molar-refractivity contribution in [1.82, 2.24) is 25.3 Å². The molecular weight excluding hydrogens is 250 g/mol. The molecule has 5 heteroatoms. The molecule has 0 fully saturated rings. The van der Waals surface area contributed by atoms with Crippen LogP contribution in [0.2, 0.25) is 0 Å². The van der Waals surface area contributed by atoms with Gasteiger partial charge in [-0.3, -0.25) is 0 Å². The van der Waals surface area contributed by atoms with Crippen LogP contribution in [0.1, 0.15) is 19.7 Å². The number of nitrogens with zero attached hydrogens (tertiary/aromatic N) is 3. The first-order valence-electron chi connectivity index (χ1n) is 6.71. The van der Waals surface area contributed by atoms with Crippen LogP contribution in [0, 0.1) is 0 Å². The fourth-order valence-corrected chi connectivity index (χ4v) is 2.04. The number of imidazole rings is 1. The van der Waals surface area contributed by atoms with Crippen LogP contribution in [0.5, 0.6) is 0 Å². The first-order chi connectivity index (χ1) is 9.72. The Morgan fingerprint density at radius 1 is 1.20 bits per heavy atom. The molecule has 0 amide bonds. The molecule has 0 saturated heterocycles. The van der Waals surface area contributed by atoms with Gasteiger partial charge in [-0.2, -0.15) is 0 Å². The maximum Gasteiger partial charge on any atom is 0.142 e. The lowest BCUT2D eigenvalue weighted by Crippen LogP contribution is -2.23. The molecule has 2 aromatic heterocycles. The van der Waals surface area contributed by atoms with E-state index in [0.717, 1.165) is 28.1 Å². The van der Waals surface area contributed by atoms with Crippen LogP contribution < -0.4 is 5.32 Å². The van der Waals surface area contributed by atoms with Crippen LogP contribution in [0.3, 0.4) is 0 Å². The van der Waals surface area contributed by atoms with Crippen molar-refractivity contribution < 1.29 is 0 Å². The summed E-state index contributed by atoms with van der Waals surface area (Å²) in [6.07, 6.45) is 3.50. The second kappa shape index (κ2) is 5.38. The number of benzene rings is 1. The second-order valence-corrected chi connectivity index (χ2v) is 5.03. The number of aromatic amines is 1. The number of nitrogens with one attached hydrogen (secondary N) is 2. The Morgan fingerprint density at radius 2 is 2.10 bits per heavy atom. The molecule has 0 bridgehead atoms. The smallest absolute Gasteiger partial charge is 0.142 e. The molecule has 1 aromatic carbocycles. The average molecular weight is 267 g/mol. The molecule has 0 aliphatic heterocycles. The Kier molecular flexibility index (Phi) is 3.43. The number of fused-ring (bicyclic) bond motifs is 1. The molecule has 0 aliphatic carbocycles. The third kappa shape index (κ3) is 2.67. The van der Waals surface area contributed by atoms with E-state index in [9.17, 15) is 0 Å². The van der Waals surface area contributed by atoms with Gasteiger partial charge in [0.15, 0.2) is 0 Å². The van der Waals surface area contributed by atoms with E-state index in [1.165, 1.54) is 0 Å². The molecule has 3 rings (SSSR count). The topological polar surface area (TPSA) is 66.5 Å². The normalized spacial score (nSPS) is 11.3. The molecule has 2 heterocycles. The summed E-state index contributed by atoms with van der Waals surface area (Å²) in [6, 6.07) is 8.44. The number of rotatable bonds is 4. The molecule has 20 heavy (non-hydrogen) atoms.